The third kappa shape index (κ3) is 4.15. The molecule has 0 atom stereocenters. The van der Waals surface area contributed by atoms with Crippen LogP contribution in [0, 0.1) is 5.41 Å². The molecule has 0 aliphatic carbocycles. The lowest BCUT2D eigenvalue weighted by atomic mass is 9.80. The lowest BCUT2D eigenvalue weighted by Gasteiger charge is -2.28. The summed E-state index contributed by atoms with van der Waals surface area (Å²) in [6.45, 7) is 3.33. The summed E-state index contributed by atoms with van der Waals surface area (Å²) in [5.41, 5.74) is 4.40. The van der Waals surface area contributed by atoms with E-state index >= 15 is 0 Å². The second-order valence-corrected chi connectivity index (χ2v) is 5.63. The summed E-state index contributed by atoms with van der Waals surface area (Å²) in [5.74, 6) is -1.04. The van der Waals surface area contributed by atoms with Crippen LogP contribution in [0.5, 0.6) is 0 Å². The number of rotatable bonds is 7. The Morgan fingerprint density at radius 3 is 2.22 bits per heavy atom. The fourth-order valence-electron chi connectivity index (χ4n) is 1.62. The standard InChI is InChI=1S/C9H20N4O4S/c1-3-9(4-2,7(10)13-15)8(14)12-5-6-18(11,16)17/h15H,3-6H2,1-2H3,(H2,10,13)(H,12,14)(H2,11,16,17). The van der Waals surface area contributed by atoms with Gasteiger partial charge in [-0.15, -0.1) is 0 Å². The van der Waals surface area contributed by atoms with Crippen molar-refractivity contribution in [2.75, 3.05) is 12.3 Å². The number of amidine groups is 1. The van der Waals surface area contributed by atoms with E-state index in [-0.39, 0.29) is 18.1 Å². The Morgan fingerprint density at radius 1 is 1.39 bits per heavy atom. The largest absolute Gasteiger partial charge is 0.409 e. The fourth-order valence-corrected chi connectivity index (χ4v) is 2.01. The lowest BCUT2D eigenvalue weighted by Crippen LogP contribution is -2.50. The molecule has 0 saturated heterocycles. The second-order valence-electron chi connectivity index (χ2n) is 3.90. The van der Waals surface area contributed by atoms with Crippen molar-refractivity contribution in [1.82, 2.24) is 5.32 Å². The van der Waals surface area contributed by atoms with Gasteiger partial charge in [-0.1, -0.05) is 19.0 Å². The van der Waals surface area contributed by atoms with Crippen molar-refractivity contribution in [2.24, 2.45) is 21.4 Å². The van der Waals surface area contributed by atoms with Crippen LogP contribution in [0.4, 0.5) is 0 Å². The lowest BCUT2D eigenvalue weighted by molar-refractivity contribution is -0.127. The number of carbonyl (C=O) groups is 1. The van der Waals surface area contributed by atoms with Crippen LogP contribution >= 0.6 is 0 Å². The van der Waals surface area contributed by atoms with Crippen molar-refractivity contribution in [3.05, 3.63) is 0 Å². The number of hydrogen-bond acceptors (Lipinski definition) is 5. The maximum absolute atomic E-state index is 12.0. The van der Waals surface area contributed by atoms with E-state index in [1.165, 1.54) is 0 Å². The van der Waals surface area contributed by atoms with Crippen LogP contribution in [0.1, 0.15) is 26.7 Å². The molecule has 0 aliphatic heterocycles. The summed E-state index contributed by atoms with van der Waals surface area (Å²) in [4.78, 5) is 12.0. The predicted octanol–water partition coefficient (Wildman–Crippen LogP) is -1.06. The number of nitrogens with two attached hydrogens (primary N) is 2. The van der Waals surface area contributed by atoms with Gasteiger partial charge in [0.05, 0.1) is 5.75 Å². The van der Waals surface area contributed by atoms with E-state index in [4.69, 9.17) is 16.1 Å². The molecule has 0 bridgehead atoms. The maximum atomic E-state index is 12.0. The van der Waals surface area contributed by atoms with Crippen molar-refractivity contribution in [2.45, 2.75) is 26.7 Å². The molecule has 0 spiro atoms. The molecule has 0 aromatic carbocycles. The Labute approximate surface area is 106 Å². The van der Waals surface area contributed by atoms with E-state index in [0.29, 0.717) is 12.8 Å². The molecule has 0 aliphatic rings. The second kappa shape index (κ2) is 6.55. The highest BCUT2D eigenvalue weighted by Gasteiger charge is 2.39. The van der Waals surface area contributed by atoms with Gasteiger partial charge in [-0.2, -0.15) is 0 Å². The third-order valence-corrected chi connectivity index (χ3v) is 3.69. The number of oxime groups is 1. The van der Waals surface area contributed by atoms with Crippen molar-refractivity contribution < 1.29 is 18.4 Å². The molecule has 0 rings (SSSR count). The molecule has 1 amide bonds. The first kappa shape index (κ1) is 16.6. The van der Waals surface area contributed by atoms with Gasteiger partial charge in [0.25, 0.3) is 0 Å². The first-order valence-corrected chi connectivity index (χ1v) is 7.21. The van der Waals surface area contributed by atoms with Gasteiger partial charge in [-0.05, 0) is 12.8 Å². The van der Waals surface area contributed by atoms with Crippen LogP contribution in [0.25, 0.3) is 0 Å². The van der Waals surface area contributed by atoms with E-state index in [9.17, 15) is 13.2 Å². The molecule has 0 unspecified atom stereocenters. The molecule has 8 nitrogen and oxygen atoms in total. The highest BCUT2D eigenvalue weighted by atomic mass is 32.2. The van der Waals surface area contributed by atoms with Gasteiger partial charge in [0.2, 0.25) is 15.9 Å². The average molecular weight is 280 g/mol. The van der Waals surface area contributed by atoms with Crippen LogP contribution in [-0.2, 0) is 14.8 Å². The minimum Gasteiger partial charge on any atom is -0.409 e. The zero-order valence-corrected chi connectivity index (χ0v) is 11.3. The number of sulfonamides is 1. The summed E-state index contributed by atoms with van der Waals surface area (Å²) >= 11 is 0. The fraction of sp³-hybridized carbons (Fsp3) is 0.778. The number of nitrogens with one attached hydrogen (secondary N) is 1. The van der Waals surface area contributed by atoms with Crippen molar-refractivity contribution in [3.63, 3.8) is 0 Å². The van der Waals surface area contributed by atoms with Gasteiger partial charge < -0.3 is 16.3 Å². The molecule has 6 N–H and O–H groups in total. The topological polar surface area (TPSA) is 148 Å². The maximum Gasteiger partial charge on any atom is 0.233 e. The number of carbonyl (C=O) groups excluding carboxylic acids is 1. The van der Waals surface area contributed by atoms with E-state index < -0.39 is 21.3 Å². The van der Waals surface area contributed by atoms with Crippen LogP contribution in [-0.4, -0.2) is 37.7 Å². The molecule has 0 aromatic rings. The number of amides is 1. The number of primary sulfonamides is 1. The Balaban J connectivity index is 4.80. The molecule has 0 radical (unpaired) electrons. The average Bonchev–Trinajstić information content (AvgIpc) is 2.29. The van der Waals surface area contributed by atoms with E-state index in [1.807, 2.05) is 0 Å². The highest BCUT2D eigenvalue weighted by Crippen LogP contribution is 2.26. The molecule has 9 heteroatoms. The SMILES string of the molecule is CCC(CC)(C(=O)NCCS(N)(=O)=O)C(N)=NO. The first-order valence-electron chi connectivity index (χ1n) is 5.50. The minimum atomic E-state index is -3.63. The van der Waals surface area contributed by atoms with Gasteiger partial charge in [-0.3, -0.25) is 4.79 Å². The Hall–Kier alpha value is -1.35. The molecular weight excluding hydrogens is 260 g/mol. The van der Waals surface area contributed by atoms with Gasteiger partial charge in [0.1, 0.15) is 5.41 Å². The molecule has 0 heterocycles. The van der Waals surface area contributed by atoms with Gasteiger partial charge in [-0.25, -0.2) is 13.6 Å². The quantitative estimate of drug-likeness (QED) is 0.203. The Bertz CT molecular complexity index is 414. The molecule has 106 valence electrons. The predicted molar refractivity (Wildman–Crippen MR) is 67.4 cm³/mol. The van der Waals surface area contributed by atoms with Crippen LogP contribution < -0.4 is 16.2 Å². The third-order valence-electron chi connectivity index (χ3n) is 2.91. The van der Waals surface area contributed by atoms with Crippen LogP contribution in [0.15, 0.2) is 5.16 Å². The summed E-state index contributed by atoms with van der Waals surface area (Å²) in [7, 11) is -3.63. The van der Waals surface area contributed by atoms with Crippen molar-refractivity contribution in [3.8, 4) is 0 Å². The van der Waals surface area contributed by atoms with Gasteiger partial charge in [0.15, 0.2) is 5.84 Å². The summed E-state index contributed by atoms with van der Waals surface area (Å²) in [6.07, 6.45) is 0.668. The molecule has 0 saturated carbocycles. The number of nitrogens with zero attached hydrogens (tertiary/aromatic N) is 1. The molecule has 0 fully saturated rings. The van der Waals surface area contributed by atoms with Crippen LogP contribution in [0.3, 0.4) is 0 Å². The highest BCUT2D eigenvalue weighted by molar-refractivity contribution is 7.89. The zero-order chi connectivity index (χ0) is 14.4. The first-order chi connectivity index (χ1) is 8.23. The van der Waals surface area contributed by atoms with Crippen molar-refractivity contribution in [1.29, 1.82) is 0 Å². The van der Waals surface area contributed by atoms with Gasteiger partial charge >= 0.3 is 0 Å². The molecule has 18 heavy (non-hydrogen) atoms. The smallest absolute Gasteiger partial charge is 0.233 e. The van der Waals surface area contributed by atoms with E-state index in [1.54, 1.807) is 13.8 Å². The van der Waals surface area contributed by atoms with Gasteiger partial charge in [0, 0.05) is 6.54 Å². The summed E-state index contributed by atoms with van der Waals surface area (Å²) in [5, 5.41) is 18.8. The van der Waals surface area contributed by atoms with Crippen molar-refractivity contribution >= 4 is 21.8 Å². The molecular formula is C9H20N4O4S. The van der Waals surface area contributed by atoms with E-state index in [2.05, 4.69) is 10.5 Å². The zero-order valence-electron chi connectivity index (χ0n) is 10.5. The minimum absolute atomic E-state index is 0.113. The molecule has 0 aromatic heterocycles. The normalized spacial score (nSPS) is 13.4. The van der Waals surface area contributed by atoms with E-state index in [0.717, 1.165) is 0 Å². The number of hydrogen-bond donors (Lipinski definition) is 4. The summed E-state index contributed by atoms with van der Waals surface area (Å²) in [6, 6.07) is 0. The monoisotopic (exact) mass is 280 g/mol. The Kier molecular flexibility index (Phi) is 6.06. The Morgan fingerprint density at radius 2 is 1.89 bits per heavy atom. The van der Waals surface area contributed by atoms with Crippen LogP contribution in [0.2, 0.25) is 0 Å². The summed E-state index contributed by atoms with van der Waals surface area (Å²) < 4.78 is 21.5.